The molecule has 1 fully saturated rings. The zero-order chi connectivity index (χ0) is 13.1. The molecule has 1 saturated heterocycles. The summed E-state index contributed by atoms with van der Waals surface area (Å²) in [4.78, 5) is 0. The Kier molecular flexibility index (Phi) is 3.90. The van der Waals surface area contributed by atoms with Gasteiger partial charge in [-0.3, -0.25) is 0 Å². The van der Waals surface area contributed by atoms with Crippen LogP contribution >= 0.6 is 0 Å². The average Bonchev–Trinajstić information content (AvgIpc) is 3.05. The predicted octanol–water partition coefficient (Wildman–Crippen LogP) is 3.08. The number of ether oxygens (including phenoxy) is 1. The van der Waals surface area contributed by atoms with Crippen LogP contribution in [0.3, 0.4) is 0 Å². The predicted molar refractivity (Wildman–Crippen MR) is 78.2 cm³/mol. The van der Waals surface area contributed by atoms with Gasteiger partial charge in [-0.05, 0) is 61.6 Å². The van der Waals surface area contributed by atoms with Crippen molar-refractivity contribution in [3.63, 3.8) is 0 Å². The Morgan fingerprint density at radius 1 is 1.21 bits per heavy atom. The minimum atomic E-state index is 0.322. The van der Waals surface area contributed by atoms with E-state index in [1.54, 1.807) is 0 Å². The summed E-state index contributed by atoms with van der Waals surface area (Å²) in [6, 6.07) is 8.84. The molecular formula is C17H25NO. The second-order valence-electron chi connectivity index (χ2n) is 6.35. The van der Waals surface area contributed by atoms with E-state index in [-0.39, 0.29) is 0 Å². The minimum Gasteiger partial charge on any atom is -0.378 e. The van der Waals surface area contributed by atoms with Gasteiger partial charge in [-0.1, -0.05) is 30.7 Å². The van der Waals surface area contributed by atoms with E-state index >= 15 is 0 Å². The van der Waals surface area contributed by atoms with Crippen LogP contribution in [0, 0.1) is 5.41 Å². The molecule has 0 radical (unpaired) electrons. The van der Waals surface area contributed by atoms with Gasteiger partial charge in [0, 0.05) is 6.61 Å². The van der Waals surface area contributed by atoms with Crippen molar-refractivity contribution < 1.29 is 4.74 Å². The lowest BCUT2D eigenvalue weighted by Gasteiger charge is -2.27. The number of hydrogen-bond acceptors (Lipinski definition) is 2. The van der Waals surface area contributed by atoms with Crippen molar-refractivity contribution in [1.29, 1.82) is 0 Å². The fraction of sp³-hybridized carbons (Fsp3) is 0.647. The Morgan fingerprint density at radius 2 is 1.95 bits per heavy atom. The van der Waals surface area contributed by atoms with E-state index in [0.717, 1.165) is 13.2 Å². The van der Waals surface area contributed by atoms with E-state index in [9.17, 15) is 0 Å². The van der Waals surface area contributed by atoms with E-state index in [1.165, 1.54) is 56.1 Å². The summed E-state index contributed by atoms with van der Waals surface area (Å²) in [6.07, 6.45) is 9.11. The maximum absolute atomic E-state index is 6.11. The third-order valence-corrected chi connectivity index (χ3v) is 4.94. The van der Waals surface area contributed by atoms with Gasteiger partial charge in [0.25, 0.3) is 0 Å². The van der Waals surface area contributed by atoms with Crippen LogP contribution in [0.2, 0.25) is 0 Å². The highest BCUT2D eigenvalue weighted by atomic mass is 16.5. The van der Waals surface area contributed by atoms with Crippen LogP contribution in [-0.2, 0) is 17.6 Å². The number of rotatable bonds is 5. The summed E-state index contributed by atoms with van der Waals surface area (Å²) in [5.74, 6) is 0. The number of hydrogen-bond donors (Lipinski definition) is 1. The summed E-state index contributed by atoms with van der Waals surface area (Å²) in [6.45, 7) is 1.78. The Morgan fingerprint density at radius 3 is 2.53 bits per heavy atom. The van der Waals surface area contributed by atoms with Crippen LogP contribution in [0.4, 0.5) is 0 Å². The zero-order valence-electron chi connectivity index (χ0n) is 11.7. The summed E-state index contributed by atoms with van der Waals surface area (Å²) in [5.41, 5.74) is 9.47. The first-order valence-electron chi connectivity index (χ1n) is 7.70. The van der Waals surface area contributed by atoms with Crippen LogP contribution in [0.15, 0.2) is 24.3 Å². The van der Waals surface area contributed by atoms with Crippen molar-refractivity contribution >= 4 is 0 Å². The minimum absolute atomic E-state index is 0.322. The molecule has 0 spiro atoms. The fourth-order valence-corrected chi connectivity index (χ4v) is 3.77. The highest BCUT2D eigenvalue weighted by Gasteiger charge is 2.35. The first-order valence-corrected chi connectivity index (χ1v) is 7.70. The van der Waals surface area contributed by atoms with Crippen LogP contribution in [0.1, 0.15) is 43.2 Å². The zero-order valence-corrected chi connectivity index (χ0v) is 11.7. The molecule has 1 heterocycles. The van der Waals surface area contributed by atoms with Crippen LogP contribution in [-0.4, -0.2) is 19.3 Å². The molecule has 1 aromatic rings. The number of nitrogens with two attached hydrogens (primary N) is 1. The largest absolute Gasteiger partial charge is 0.378 e. The van der Waals surface area contributed by atoms with Crippen molar-refractivity contribution in [2.45, 2.75) is 51.0 Å². The van der Waals surface area contributed by atoms with Crippen molar-refractivity contribution in [1.82, 2.24) is 0 Å². The van der Waals surface area contributed by atoms with Crippen molar-refractivity contribution in [3.05, 3.63) is 35.4 Å². The lowest BCUT2D eigenvalue weighted by molar-refractivity contribution is 0.0979. The highest BCUT2D eigenvalue weighted by Crippen LogP contribution is 2.40. The van der Waals surface area contributed by atoms with Gasteiger partial charge in [0.05, 0.1) is 6.10 Å². The molecule has 0 amide bonds. The molecular weight excluding hydrogens is 234 g/mol. The maximum atomic E-state index is 6.11. The monoisotopic (exact) mass is 259 g/mol. The van der Waals surface area contributed by atoms with Gasteiger partial charge in [-0.15, -0.1) is 0 Å². The SMILES string of the molecule is NCC1(CCCC2CCCO2)Cc2ccccc2C1. The Bertz CT molecular complexity index is 398. The fourth-order valence-electron chi connectivity index (χ4n) is 3.77. The molecule has 1 aromatic carbocycles. The third kappa shape index (κ3) is 2.85. The summed E-state index contributed by atoms with van der Waals surface area (Å²) in [7, 11) is 0. The summed E-state index contributed by atoms with van der Waals surface area (Å²) < 4.78 is 5.71. The van der Waals surface area contributed by atoms with E-state index in [2.05, 4.69) is 24.3 Å². The van der Waals surface area contributed by atoms with Gasteiger partial charge in [0.15, 0.2) is 0 Å². The normalized spacial score (nSPS) is 24.6. The topological polar surface area (TPSA) is 35.2 Å². The Hall–Kier alpha value is -0.860. The second kappa shape index (κ2) is 5.64. The van der Waals surface area contributed by atoms with Gasteiger partial charge < -0.3 is 10.5 Å². The van der Waals surface area contributed by atoms with Gasteiger partial charge >= 0.3 is 0 Å². The van der Waals surface area contributed by atoms with Crippen LogP contribution in [0.25, 0.3) is 0 Å². The van der Waals surface area contributed by atoms with Gasteiger partial charge in [0.1, 0.15) is 0 Å². The first-order chi connectivity index (χ1) is 9.31. The van der Waals surface area contributed by atoms with Gasteiger partial charge in [-0.2, -0.15) is 0 Å². The summed E-state index contributed by atoms with van der Waals surface area (Å²) in [5, 5.41) is 0. The molecule has 1 atom stereocenters. The number of fused-ring (bicyclic) bond motifs is 1. The Labute approximate surface area is 116 Å². The third-order valence-electron chi connectivity index (χ3n) is 4.94. The second-order valence-corrected chi connectivity index (χ2v) is 6.35. The first kappa shape index (κ1) is 13.1. The van der Waals surface area contributed by atoms with E-state index in [1.807, 2.05) is 0 Å². The van der Waals surface area contributed by atoms with E-state index in [0.29, 0.717) is 11.5 Å². The average molecular weight is 259 g/mol. The van der Waals surface area contributed by atoms with Gasteiger partial charge in [0.2, 0.25) is 0 Å². The van der Waals surface area contributed by atoms with E-state index in [4.69, 9.17) is 10.5 Å². The Balaban J connectivity index is 1.56. The molecule has 2 nitrogen and oxygen atoms in total. The quantitative estimate of drug-likeness (QED) is 0.882. The standard InChI is InChI=1S/C17H25NO/c18-13-17(9-3-7-16-8-4-10-19-16)11-14-5-1-2-6-15(14)12-17/h1-2,5-6,16H,3-4,7-13,18H2. The molecule has 0 aromatic heterocycles. The molecule has 2 aliphatic rings. The molecule has 2 heteroatoms. The van der Waals surface area contributed by atoms with E-state index < -0.39 is 0 Å². The molecule has 1 aliphatic heterocycles. The molecule has 1 unspecified atom stereocenters. The smallest absolute Gasteiger partial charge is 0.0576 e. The molecule has 0 saturated carbocycles. The van der Waals surface area contributed by atoms with Gasteiger partial charge in [-0.25, -0.2) is 0 Å². The number of benzene rings is 1. The molecule has 0 bridgehead atoms. The van der Waals surface area contributed by atoms with Crippen LogP contribution < -0.4 is 5.73 Å². The molecule has 1 aliphatic carbocycles. The molecule has 19 heavy (non-hydrogen) atoms. The molecule has 2 N–H and O–H groups in total. The van der Waals surface area contributed by atoms with Crippen LogP contribution in [0.5, 0.6) is 0 Å². The lowest BCUT2D eigenvalue weighted by Crippen LogP contribution is -2.31. The van der Waals surface area contributed by atoms with Crippen molar-refractivity contribution in [2.75, 3.05) is 13.2 Å². The molecule has 3 rings (SSSR count). The van der Waals surface area contributed by atoms with Crippen molar-refractivity contribution in [2.24, 2.45) is 11.1 Å². The maximum Gasteiger partial charge on any atom is 0.0576 e. The highest BCUT2D eigenvalue weighted by molar-refractivity contribution is 5.34. The molecule has 104 valence electrons. The van der Waals surface area contributed by atoms with Crippen molar-refractivity contribution in [3.8, 4) is 0 Å². The summed E-state index contributed by atoms with van der Waals surface area (Å²) >= 11 is 0. The lowest BCUT2D eigenvalue weighted by atomic mass is 9.79.